The molecule has 1 aliphatic rings. The number of rotatable bonds is 3. The summed E-state index contributed by atoms with van der Waals surface area (Å²) in [5, 5.41) is 0.0455. The molecule has 1 unspecified atom stereocenters. The van der Waals surface area contributed by atoms with Gasteiger partial charge in [0.1, 0.15) is 6.42 Å². The first-order valence-electron chi connectivity index (χ1n) is 3.95. The average Bonchev–Trinajstić information content (AvgIpc) is 2.56. The van der Waals surface area contributed by atoms with Gasteiger partial charge in [-0.05, 0) is 18.6 Å². The summed E-state index contributed by atoms with van der Waals surface area (Å²) in [6, 6.07) is 0. The van der Waals surface area contributed by atoms with Crippen molar-refractivity contribution < 1.29 is 14.3 Å². The fourth-order valence-electron chi connectivity index (χ4n) is 1.16. The van der Waals surface area contributed by atoms with Crippen LogP contribution in [0.15, 0.2) is 0 Å². The highest BCUT2D eigenvalue weighted by Gasteiger charge is 2.24. The van der Waals surface area contributed by atoms with E-state index in [0.29, 0.717) is 0 Å². The van der Waals surface area contributed by atoms with Gasteiger partial charge in [-0.1, -0.05) is 0 Å². The fraction of sp³-hybridized carbons (Fsp3) is 0.750. The summed E-state index contributed by atoms with van der Waals surface area (Å²) in [7, 11) is 1.30. The van der Waals surface area contributed by atoms with Crippen molar-refractivity contribution in [2.45, 2.75) is 24.5 Å². The molecule has 0 spiro atoms. The molecule has 0 N–H and O–H groups in total. The summed E-state index contributed by atoms with van der Waals surface area (Å²) in [6.07, 6.45) is 1.94. The van der Waals surface area contributed by atoms with Gasteiger partial charge >= 0.3 is 5.97 Å². The topological polar surface area (TPSA) is 43.4 Å². The van der Waals surface area contributed by atoms with Crippen LogP contribution in [0.2, 0.25) is 0 Å². The van der Waals surface area contributed by atoms with Crippen molar-refractivity contribution in [3.8, 4) is 0 Å². The molecule has 1 aliphatic heterocycles. The second-order valence-electron chi connectivity index (χ2n) is 2.72. The number of Topliss-reactive ketones (excluding diaryl/α,β-unsaturated/α-hetero) is 1. The molecule has 1 saturated heterocycles. The third-order valence-electron chi connectivity index (χ3n) is 1.84. The maximum Gasteiger partial charge on any atom is 0.313 e. The number of ketones is 1. The van der Waals surface area contributed by atoms with Gasteiger partial charge in [0.05, 0.1) is 12.4 Å². The van der Waals surface area contributed by atoms with Gasteiger partial charge in [-0.15, -0.1) is 0 Å². The number of ether oxygens (including phenoxy) is 1. The van der Waals surface area contributed by atoms with E-state index in [-0.39, 0.29) is 17.5 Å². The van der Waals surface area contributed by atoms with Crippen LogP contribution in [0.5, 0.6) is 0 Å². The predicted octanol–water partition coefficient (Wildman–Crippen LogP) is 1.01. The van der Waals surface area contributed by atoms with E-state index in [0.717, 1.165) is 18.6 Å². The molecule has 1 atom stereocenters. The molecule has 12 heavy (non-hydrogen) atoms. The molecule has 0 aromatic rings. The Morgan fingerprint density at radius 3 is 2.83 bits per heavy atom. The smallest absolute Gasteiger partial charge is 0.313 e. The van der Waals surface area contributed by atoms with Crippen LogP contribution < -0.4 is 0 Å². The molecule has 0 radical (unpaired) electrons. The first kappa shape index (κ1) is 9.58. The highest BCUT2D eigenvalue weighted by atomic mass is 32.2. The molecule has 1 heterocycles. The Morgan fingerprint density at radius 1 is 1.58 bits per heavy atom. The summed E-state index contributed by atoms with van der Waals surface area (Å²) in [6.45, 7) is 0. The molecule has 3 nitrogen and oxygen atoms in total. The van der Waals surface area contributed by atoms with E-state index in [1.807, 2.05) is 0 Å². The summed E-state index contributed by atoms with van der Waals surface area (Å²) >= 11 is 1.65. The van der Waals surface area contributed by atoms with Crippen molar-refractivity contribution in [3.05, 3.63) is 0 Å². The molecule has 68 valence electrons. The minimum absolute atomic E-state index is 0.0179. The third kappa shape index (κ3) is 2.52. The predicted molar refractivity (Wildman–Crippen MR) is 47.1 cm³/mol. The number of carbonyl (C=O) groups is 2. The fourth-order valence-corrected chi connectivity index (χ4v) is 2.38. The Kier molecular flexibility index (Phi) is 3.59. The van der Waals surface area contributed by atoms with Crippen LogP contribution in [-0.4, -0.2) is 29.9 Å². The van der Waals surface area contributed by atoms with Gasteiger partial charge in [0.25, 0.3) is 0 Å². The first-order valence-corrected chi connectivity index (χ1v) is 5.00. The molecular formula is C8H12O3S. The number of carbonyl (C=O) groups excluding carboxylic acids is 2. The second-order valence-corrected chi connectivity index (χ2v) is 4.03. The molecule has 0 saturated carbocycles. The largest absolute Gasteiger partial charge is 0.469 e. The maximum absolute atomic E-state index is 11.3. The number of esters is 1. The van der Waals surface area contributed by atoms with Crippen LogP contribution in [0, 0.1) is 0 Å². The van der Waals surface area contributed by atoms with Gasteiger partial charge in [0, 0.05) is 0 Å². The van der Waals surface area contributed by atoms with E-state index < -0.39 is 5.97 Å². The van der Waals surface area contributed by atoms with Crippen LogP contribution in [0.4, 0.5) is 0 Å². The third-order valence-corrected chi connectivity index (χ3v) is 3.26. The van der Waals surface area contributed by atoms with Crippen molar-refractivity contribution in [2.24, 2.45) is 0 Å². The Labute approximate surface area is 75.8 Å². The van der Waals surface area contributed by atoms with E-state index in [4.69, 9.17) is 0 Å². The second kappa shape index (κ2) is 4.50. The lowest BCUT2D eigenvalue weighted by atomic mass is 10.1. The van der Waals surface area contributed by atoms with Crippen molar-refractivity contribution in [3.63, 3.8) is 0 Å². The number of methoxy groups -OCH3 is 1. The molecule has 4 heteroatoms. The SMILES string of the molecule is COC(=O)CC(=O)C1CCCS1. The molecule has 0 aromatic heterocycles. The molecule has 0 amide bonds. The average molecular weight is 188 g/mol. The van der Waals surface area contributed by atoms with Gasteiger partial charge < -0.3 is 4.74 Å². The lowest BCUT2D eigenvalue weighted by Crippen LogP contribution is -2.18. The van der Waals surface area contributed by atoms with Crippen LogP contribution in [-0.2, 0) is 14.3 Å². The quantitative estimate of drug-likeness (QED) is 0.490. The lowest BCUT2D eigenvalue weighted by molar-refractivity contribution is -0.143. The van der Waals surface area contributed by atoms with Crippen molar-refractivity contribution in [2.75, 3.05) is 12.9 Å². The zero-order chi connectivity index (χ0) is 8.97. The Bertz CT molecular complexity index is 185. The Balaban J connectivity index is 2.32. The maximum atomic E-state index is 11.3. The Morgan fingerprint density at radius 2 is 2.33 bits per heavy atom. The molecule has 0 aromatic carbocycles. The minimum atomic E-state index is -0.424. The van der Waals surface area contributed by atoms with Crippen LogP contribution >= 0.6 is 11.8 Å². The standard InChI is InChI=1S/C8H12O3S/c1-11-8(10)5-6(9)7-3-2-4-12-7/h7H,2-5H2,1H3. The summed E-state index contributed by atoms with van der Waals surface area (Å²) in [4.78, 5) is 22.0. The Hall–Kier alpha value is -0.510. The highest BCUT2D eigenvalue weighted by molar-refractivity contribution is 8.00. The van der Waals surface area contributed by atoms with Gasteiger partial charge in [0.15, 0.2) is 5.78 Å². The van der Waals surface area contributed by atoms with E-state index in [1.165, 1.54) is 7.11 Å². The van der Waals surface area contributed by atoms with Gasteiger partial charge in [-0.3, -0.25) is 9.59 Å². The van der Waals surface area contributed by atoms with Gasteiger partial charge in [-0.2, -0.15) is 11.8 Å². The van der Waals surface area contributed by atoms with Crippen LogP contribution in [0.25, 0.3) is 0 Å². The van der Waals surface area contributed by atoms with E-state index >= 15 is 0 Å². The number of thioether (sulfide) groups is 1. The van der Waals surface area contributed by atoms with Gasteiger partial charge in [-0.25, -0.2) is 0 Å². The van der Waals surface area contributed by atoms with Crippen LogP contribution in [0.1, 0.15) is 19.3 Å². The van der Waals surface area contributed by atoms with Crippen molar-refractivity contribution >= 4 is 23.5 Å². The molecule has 0 aliphatic carbocycles. The zero-order valence-corrected chi connectivity index (χ0v) is 7.86. The van der Waals surface area contributed by atoms with E-state index in [9.17, 15) is 9.59 Å². The van der Waals surface area contributed by atoms with Crippen LogP contribution in [0.3, 0.4) is 0 Å². The normalized spacial score (nSPS) is 22.2. The molecule has 0 bridgehead atoms. The van der Waals surface area contributed by atoms with Crippen molar-refractivity contribution in [1.82, 2.24) is 0 Å². The zero-order valence-electron chi connectivity index (χ0n) is 7.04. The van der Waals surface area contributed by atoms with Gasteiger partial charge in [0.2, 0.25) is 0 Å². The number of hydrogen-bond acceptors (Lipinski definition) is 4. The molecule has 1 fully saturated rings. The first-order chi connectivity index (χ1) is 5.74. The minimum Gasteiger partial charge on any atom is -0.469 e. The van der Waals surface area contributed by atoms with Crippen molar-refractivity contribution in [1.29, 1.82) is 0 Å². The highest BCUT2D eigenvalue weighted by Crippen LogP contribution is 2.27. The summed E-state index contributed by atoms with van der Waals surface area (Å²) in [5.74, 6) is 0.634. The molecular weight excluding hydrogens is 176 g/mol. The number of hydrogen-bond donors (Lipinski definition) is 0. The summed E-state index contributed by atoms with van der Waals surface area (Å²) in [5.41, 5.74) is 0. The van der Waals surface area contributed by atoms with E-state index in [2.05, 4.69) is 4.74 Å². The molecule has 1 rings (SSSR count). The lowest BCUT2D eigenvalue weighted by Gasteiger charge is -2.04. The van der Waals surface area contributed by atoms with E-state index in [1.54, 1.807) is 11.8 Å². The summed E-state index contributed by atoms with van der Waals surface area (Å²) < 4.78 is 4.41. The monoisotopic (exact) mass is 188 g/mol.